The van der Waals surface area contributed by atoms with E-state index in [2.05, 4.69) is 0 Å². The van der Waals surface area contributed by atoms with Crippen LogP contribution < -0.4 is 0 Å². The maximum Gasteiger partial charge on any atom is 0.225 e. The van der Waals surface area contributed by atoms with Crippen LogP contribution in [0, 0.1) is 0 Å². The Morgan fingerprint density at radius 2 is 1.93 bits per heavy atom. The molecule has 2 N–H and O–H groups in total. The van der Waals surface area contributed by atoms with Crippen LogP contribution in [-0.2, 0) is 4.79 Å². The molecule has 0 heterocycles. The van der Waals surface area contributed by atoms with Crippen molar-refractivity contribution < 1.29 is 19.5 Å². The molecule has 4 nitrogen and oxygen atoms in total. The van der Waals surface area contributed by atoms with Crippen molar-refractivity contribution >= 4 is 5.78 Å². The smallest absolute Gasteiger partial charge is 0.225 e. The molecular formula is C10H20NO3+. The van der Waals surface area contributed by atoms with Crippen molar-refractivity contribution in [3.8, 4) is 0 Å². The number of Topliss-reactive ketones (excluding diaryl/α,β-unsaturated/α-hetero) is 1. The first-order valence-corrected chi connectivity index (χ1v) is 4.66. The Balaban J connectivity index is 4.10. The predicted octanol–water partition coefficient (Wildman–Crippen LogP) is 0.474. The van der Waals surface area contributed by atoms with E-state index in [4.69, 9.17) is 5.11 Å². The molecule has 0 aromatic carbocycles. The highest BCUT2D eigenvalue weighted by Crippen LogP contribution is 2.04. The molecule has 0 fully saturated rings. The van der Waals surface area contributed by atoms with Gasteiger partial charge in [0.1, 0.15) is 6.10 Å². The standard InChI is InChI=1S/C10H19NO3/c1-5-8(12)10(14)9(13)6-7-11(2,3)4/h5,9,13H,6-7H2,1-4H3/p+1. The Hall–Kier alpha value is -0.870. The number of hydrogen-bond acceptors (Lipinski definition) is 3. The van der Waals surface area contributed by atoms with Gasteiger partial charge in [-0.3, -0.25) is 4.79 Å². The van der Waals surface area contributed by atoms with Gasteiger partial charge in [-0.2, -0.15) is 0 Å². The first-order valence-electron chi connectivity index (χ1n) is 4.66. The van der Waals surface area contributed by atoms with Crippen LogP contribution in [0.5, 0.6) is 0 Å². The third-order valence-corrected chi connectivity index (χ3v) is 1.90. The topological polar surface area (TPSA) is 57.5 Å². The van der Waals surface area contributed by atoms with Crippen molar-refractivity contribution in [2.45, 2.75) is 19.4 Å². The number of carbonyl (C=O) groups excluding carboxylic acids is 1. The van der Waals surface area contributed by atoms with E-state index in [1.165, 1.54) is 6.08 Å². The van der Waals surface area contributed by atoms with Gasteiger partial charge in [-0.15, -0.1) is 0 Å². The lowest BCUT2D eigenvalue weighted by Crippen LogP contribution is -2.38. The van der Waals surface area contributed by atoms with Crippen molar-refractivity contribution in [2.24, 2.45) is 0 Å². The van der Waals surface area contributed by atoms with Gasteiger partial charge >= 0.3 is 0 Å². The van der Waals surface area contributed by atoms with Gasteiger partial charge in [0, 0.05) is 6.42 Å². The fourth-order valence-corrected chi connectivity index (χ4v) is 0.954. The van der Waals surface area contributed by atoms with Crippen LogP contribution in [-0.4, -0.2) is 54.3 Å². The summed E-state index contributed by atoms with van der Waals surface area (Å²) in [5.41, 5.74) is 0. The minimum Gasteiger partial charge on any atom is -0.505 e. The summed E-state index contributed by atoms with van der Waals surface area (Å²) in [6.45, 7) is 2.24. The minimum atomic E-state index is -1.09. The zero-order valence-corrected chi connectivity index (χ0v) is 9.32. The van der Waals surface area contributed by atoms with E-state index in [-0.39, 0.29) is 5.76 Å². The number of allylic oxidation sites excluding steroid dienone is 1. The third-order valence-electron chi connectivity index (χ3n) is 1.90. The molecule has 0 saturated heterocycles. The molecule has 0 aliphatic heterocycles. The second-order valence-corrected chi connectivity index (χ2v) is 4.36. The van der Waals surface area contributed by atoms with Crippen LogP contribution >= 0.6 is 0 Å². The van der Waals surface area contributed by atoms with Crippen molar-refractivity contribution in [3.63, 3.8) is 0 Å². The summed E-state index contributed by atoms with van der Waals surface area (Å²) >= 11 is 0. The van der Waals surface area contributed by atoms with Gasteiger partial charge in [0.2, 0.25) is 5.78 Å². The van der Waals surface area contributed by atoms with Crippen molar-refractivity contribution in [3.05, 3.63) is 11.8 Å². The first-order chi connectivity index (χ1) is 6.28. The number of nitrogens with zero attached hydrogens (tertiary/aromatic N) is 1. The zero-order chi connectivity index (χ0) is 11.4. The van der Waals surface area contributed by atoms with Crippen LogP contribution in [0.3, 0.4) is 0 Å². The van der Waals surface area contributed by atoms with E-state index in [0.29, 0.717) is 17.4 Å². The van der Waals surface area contributed by atoms with Gasteiger partial charge in [-0.25, -0.2) is 0 Å². The summed E-state index contributed by atoms with van der Waals surface area (Å²) in [5, 5.41) is 18.5. The lowest BCUT2D eigenvalue weighted by molar-refractivity contribution is -0.870. The molecule has 0 saturated carbocycles. The van der Waals surface area contributed by atoms with E-state index in [9.17, 15) is 9.90 Å². The van der Waals surface area contributed by atoms with Crippen LogP contribution in [0.2, 0.25) is 0 Å². The molecule has 0 rings (SSSR count). The molecule has 0 radical (unpaired) electrons. The summed E-state index contributed by atoms with van der Waals surface area (Å²) in [4.78, 5) is 11.2. The molecule has 0 spiro atoms. The first kappa shape index (κ1) is 13.1. The number of carbonyl (C=O) groups is 1. The van der Waals surface area contributed by atoms with Crippen LogP contribution in [0.4, 0.5) is 0 Å². The number of rotatable bonds is 5. The van der Waals surface area contributed by atoms with Gasteiger partial charge in [-0.05, 0) is 13.0 Å². The molecule has 14 heavy (non-hydrogen) atoms. The molecule has 1 unspecified atom stereocenters. The monoisotopic (exact) mass is 202 g/mol. The van der Waals surface area contributed by atoms with Gasteiger partial charge in [-0.1, -0.05) is 0 Å². The normalized spacial score (nSPS) is 15.4. The maximum absolute atomic E-state index is 11.2. The maximum atomic E-state index is 11.2. The van der Waals surface area contributed by atoms with E-state index in [1.807, 2.05) is 21.1 Å². The molecule has 0 aliphatic carbocycles. The van der Waals surface area contributed by atoms with Gasteiger partial charge < -0.3 is 14.7 Å². The second kappa shape index (κ2) is 5.12. The lowest BCUT2D eigenvalue weighted by atomic mass is 10.1. The predicted molar refractivity (Wildman–Crippen MR) is 54.9 cm³/mol. The number of aliphatic hydroxyl groups is 2. The zero-order valence-electron chi connectivity index (χ0n) is 9.32. The van der Waals surface area contributed by atoms with E-state index >= 15 is 0 Å². The second-order valence-electron chi connectivity index (χ2n) is 4.36. The number of hydrogen-bond donors (Lipinski definition) is 2. The molecular weight excluding hydrogens is 182 g/mol. The number of quaternary nitrogens is 1. The Morgan fingerprint density at radius 3 is 2.29 bits per heavy atom. The Kier molecular flexibility index (Phi) is 4.80. The number of aliphatic hydroxyl groups excluding tert-OH is 2. The van der Waals surface area contributed by atoms with Crippen molar-refractivity contribution in [1.29, 1.82) is 0 Å². The van der Waals surface area contributed by atoms with E-state index < -0.39 is 11.9 Å². The van der Waals surface area contributed by atoms with Crippen molar-refractivity contribution in [2.75, 3.05) is 27.7 Å². The molecule has 0 aromatic heterocycles. The minimum absolute atomic E-state index is 0.361. The summed E-state index contributed by atoms with van der Waals surface area (Å²) in [5.74, 6) is -0.958. The summed E-state index contributed by atoms with van der Waals surface area (Å²) in [6.07, 6.45) is 0.557. The van der Waals surface area contributed by atoms with Crippen LogP contribution in [0.25, 0.3) is 0 Å². The molecule has 1 atom stereocenters. The summed E-state index contributed by atoms with van der Waals surface area (Å²) in [6, 6.07) is 0. The number of ketones is 1. The average Bonchev–Trinajstić information content (AvgIpc) is 2.10. The largest absolute Gasteiger partial charge is 0.505 e. The van der Waals surface area contributed by atoms with Crippen molar-refractivity contribution in [1.82, 2.24) is 0 Å². The quantitative estimate of drug-likeness (QED) is 0.387. The third kappa shape index (κ3) is 4.99. The van der Waals surface area contributed by atoms with E-state index in [1.54, 1.807) is 6.92 Å². The molecule has 0 amide bonds. The summed E-state index contributed by atoms with van der Waals surface area (Å²) in [7, 11) is 5.94. The fraction of sp³-hybridized carbons (Fsp3) is 0.700. The fourth-order valence-electron chi connectivity index (χ4n) is 0.954. The Labute approximate surface area is 85.1 Å². The van der Waals surface area contributed by atoms with Gasteiger partial charge in [0.05, 0.1) is 27.7 Å². The Bertz CT molecular complexity index is 228. The molecule has 82 valence electrons. The highest BCUT2D eigenvalue weighted by Gasteiger charge is 2.21. The Morgan fingerprint density at radius 1 is 1.43 bits per heavy atom. The lowest BCUT2D eigenvalue weighted by Gasteiger charge is -2.24. The van der Waals surface area contributed by atoms with E-state index in [0.717, 1.165) is 0 Å². The van der Waals surface area contributed by atoms with Gasteiger partial charge in [0.15, 0.2) is 5.76 Å². The molecule has 0 aliphatic rings. The molecule has 0 aromatic rings. The highest BCUT2D eigenvalue weighted by atomic mass is 16.3. The highest BCUT2D eigenvalue weighted by molar-refractivity contribution is 5.96. The van der Waals surface area contributed by atoms with Gasteiger partial charge in [0.25, 0.3) is 0 Å². The SMILES string of the molecule is CC=C(O)C(=O)C(O)CC[N+](C)(C)C. The van der Waals surface area contributed by atoms with Crippen LogP contribution in [0.1, 0.15) is 13.3 Å². The summed E-state index contributed by atoms with van der Waals surface area (Å²) < 4.78 is 0.681. The average molecular weight is 202 g/mol. The van der Waals surface area contributed by atoms with Crippen LogP contribution in [0.15, 0.2) is 11.8 Å². The molecule has 0 bridgehead atoms. The molecule has 4 heteroatoms.